The monoisotopic (exact) mass is 299 g/mol. The van der Waals surface area contributed by atoms with E-state index in [-0.39, 0.29) is 12.3 Å². The second-order valence-corrected chi connectivity index (χ2v) is 4.73. The van der Waals surface area contributed by atoms with Crippen LogP contribution < -0.4 is 10.6 Å². The first-order chi connectivity index (χ1) is 10.6. The van der Waals surface area contributed by atoms with Crippen molar-refractivity contribution in [2.75, 3.05) is 17.7 Å². The van der Waals surface area contributed by atoms with Gasteiger partial charge in [-0.05, 0) is 36.8 Å². The van der Waals surface area contributed by atoms with E-state index in [1.165, 1.54) is 7.11 Å². The van der Waals surface area contributed by atoms with Crippen LogP contribution in [-0.2, 0) is 16.0 Å². The lowest BCUT2D eigenvalue weighted by atomic mass is 10.2. The molecule has 1 aromatic heterocycles. The van der Waals surface area contributed by atoms with E-state index in [9.17, 15) is 9.59 Å². The fourth-order valence-corrected chi connectivity index (χ4v) is 1.84. The molecule has 0 aliphatic heterocycles. The molecular formula is C16H17N3O3. The molecule has 0 aliphatic rings. The second-order valence-electron chi connectivity index (χ2n) is 4.73. The number of rotatable bonds is 4. The van der Waals surface area contributed by atoms with E-state index in [1.807, 2.05) is 19.1 Å². The number of aromatic nitrogens is 1. The molecular weight excluding hydrogens is 282 g/mol. The first kappa shape index (κ1) is 15.5. The number of benzene rings is 1. The van der Waals surface area contributed by atoms with Crippen molar-refractivity contribution in [2.24, 2.45) is 0 Å². The van der Waals surface area contributed by atoms with E-state index in [0.717, 1.165) is 11.3 Å². The average molecular weight is 299 g/mol. The Balaban J connectivity index is 1.97. The summed E-state index contributed by atoms with van der Waals surface area (Å²) in [6.45, 7) is 1.89. The minimum atomic E-state index is -0.561. The van der Waals surface area contributed by atoms with Crippen LogP contribution in [0.25, 0.3) is 0 Å². The van der Waals surface area contributed by atoms with E-state index >= 15 is 0 Å². The topological polar surface area (TPSA) is 80.3 Å². The highest BCUT2D eigenvalue weighted by Crippen LogP contribution is 2.15. The zero-order valence-corrected chi connectivity index (χ0v) is 12.4. The summed E-state index contributed by atoms with van der Waals surface area (Å²) in [5.74, 6) is -0.152. The third kappa shape index (κ3) is 4.59. The summed E-state index contributed by atoms with van der Waals surface area (Å²) in [5, 5.41) is 5.32. The molecule has 1 aromatic carbocycles. The van der Waals surface area contributed by atoms with Crippen LogP contribution in [0, 0.1) is 6.92 Å². The smallest absolute Gasteiger partial charge is 0.411 e. The van der Waals surface area contributed by atoms with Crippen molar-refractivity contribution in [1.29, 1.82) is 0 Å². The second kappa shape index (κ2) is 7.21. The summed E-state index contributed by atoms with van der Waals surface area (Å²) in [7, 11) is 1.29. The number of aryl methyl sites for hydroxylation is 1. The summed E-state index contributed by atoms with van der Waals surface area (Å²) in [6, 6.07) is 10.6. The summed E-state index contributed by atoms with van der Waals surface area (Å²) < 4.78 is 4.52. The molecule has 2 amide bonds. The number of nitrogens with zero attached hydrogens (tertiary/aromatic N) is 1. The minimum absolute atomic E-state index is 0.152. The number of hydrogen-bond donors (Lipinski definition) is 2. The van der Waals surface area contributed by atoms with Crippen LogP contribution in [0.1, 0.15) is 11.3 Å². The summed E-state index contributed by atoms with van der Waals surface area (Å²) in [5.41, 5.74) is 2.89. The molecule has 6 nitrogen and oxygen atoms in total. The molecule has 0 atom stereocenters. The number of pyridine rings is 1. The maximum absolute atomic E-state index is 12.0. The van der Waals surface area contributed by atoms with Gasteiger partial charge < -0.3 is 10.1 Å². The van der Waals surface area contributed by atoms with E-state index in [1.54, 1.807) is 30.5 Å². The van der Waals surface area contributed by atoms with Crippen LogP contribution in [0.5, 0.6) is 0 Å². The van der Waals surface area contributed by atoms with Crippen molar-refractivity contribution in [3.05, 3.63) is 53.9 Å². The zero-order valence-electron chi connectivity index (χ0n) is 12.4. The maximum Gasteiger partial charge on any atom is 0.411 e. The van der Waals surface area contributed by atoms with Crippen molar-refractivity contribution >= 4 is 23.4 Å². The van der Waals surface area contributed by atoms with Crippen LogP contribution in [-0.4, -0.2) is 24.1 Å². The van der Waals surface area contributed by atoms with Gasteiger partial charge in [0.25, 0.3) is 0 Å². The van der Waals surface area contributed by atoms with Crippen molar-refractivity contribution in [3.8, 4) is 0 Å². The van der Waals surface area contributed by atoms with Gasteiger partial charge in [-0.15, -0.1) is 0 Å². The number of hydrogen-bond acceptors (Lipinski definition) is 4. The van der Waals surface area contributed by atoms with Gasteiger partial charge in [0.05, 0.1) is 13.5 Å². The SMILES string of the molecule is COC(=O)Nc1cccc(NC(=O)Cc2ccc(C)nc2)c1. The molecule has 2 N–H and O–H groups in total. The van der Waals surface area contributed by atoms with E-state index in [0.29, 0.717) is 11.4 Å². The number of nitrogens with one attached hydrogen (secondary N) is 2. The van der Waals surface area contributed by atoms with Crippen molar-refractivity contribution in [3.63, 3.8) is 0 Å². The number of ether oxygens (including phenoxy) is 1. The van der Waals surface area contributed by atoms with Gasteiger partial charge in [-0.25, -0.2) is 4.79 Å². The molecule has 2 rings (SSSR count). The van der Waals surface area contributed by atoms with Gasteiger partial charge in [-0.1, -0.05) is 12.1 Å². The Morgan fingerprint density at radius 3 is 2.50 bits per heavy atom. The standard InChI is InChI=1S/C16H17N3O3/c1-11-6-7-12(10-17-11)8-15(20)18-13-4-3-5-14(9-13)19-16(21)22-2/h3-7,9-10H,8H2,1-2H3,(H,18,20)(H,19,21). The van der Waals surface area contributed by atoms with Crippen molar-refractivity contribution in [2.45, 2.75) is 13.3 Å². The minimum Gasteiger partial charge on any atom is -0.453 e. The van der Waals surface area contributed by atoms with Gasteiger partial charge in [0.2, 0.25) is 5.91 Å². The Kier molecular flexibility index (Phi) is 5.08. The third-order valence-electron chi connectivity index (χ3n) is 2.92. The molecule has 0 bridgehead atoms. The molecule has 2 aromatic rings. The lowest BCUT2D eigenvalue weighted by Gasteiger charge is -2.08. The van der Waals surface area contributed by atoms with Gasteiger partial charge in [0, 0.05) is 23.3 Å². The number of anilines is 2. The average Bonchev–Trinajstić information content (AvgIpc) is 2.49. The van der Waals surface area contributed by atoms with Gasteiger partial charge in [-0.2, -0.15) is 0 Å². The lowest BCUT2D eigenvalue weighted by Crippen LogP contribution is -2.15. The molecule has 0 saturated heterocycles. The first-order valence-corrected chi connectivity index (χ1v) is 6.73. The Bertz CT molecular complexity index is 669. The Hall–Kier alpha value is -2.89. The van der Waals surface area contributed by atoms with Gasteiger partial charge in [0.1, 0.15) is 0 Å². The number of amides is 2. The van der Waals surface area contributed by atoms with Crippen LogP contribution in [0.3, 0.4) is 0 Å². The quantitative estimate of drug-likeness (QED) is 0.909. The molecule has 0 fully saturated rings. The molecule has 6 heteroatoms. The van der Waals surface area contributed by atoms with Gasteiger partial charge in [0.15, 0.2) is 0 Å². The normalized spacial score (nSPS) is 9.91. The zero-order chi connectivity index (χ0) is 15.9. The fourth-order valence-electron chi connectivity index (χ4n) is 1.84. The number of methoxy groups -OCH3 is 1. The van der Waals surface area contributed by atoms with E-state index in [2.05, 4.69) is 20.4 Å². The van der Waals surface area contributed by atoms with Crippen molar-refractivity contribution < 1.29 is 14.3 Å². The molecule has 1 heterocycles. The lowest BCUT2D eigenvalue weighted by molar-refractivity contribution is -0.115. The number of carbonyl (C=O) groups excluding carboxylic acids is 2. The maximum atomic E-state index is 12.0. The molecule has 22 heavy (non-hydrogen) atoms. The van der Waals surface area contributed by atoms with Crippen LogP contribution in [0.2, 0.25) is 0 Å². The molecule has 0 saturated carbocycles. The van der Waals surface area contributed by atoms with E-state index < -0.39 is 6.09 Å². The fraction of sp³-hybridized carbons (Fsp3) is 0.188. The molecule has 0 spiro atoms. The van der Waals surface area contributed by atoms with Crippen molar-refractivity contribution in [1.82, 2.24) is 4.98 Å². The summed E-state index contributed by atoms with van der Waals surface area (Å²) >= 11 is 0. The highest BCUT2D eigenvalue weighted by atomic mass is 16.5. The Morgan fingerprint density at radius 1 is 1.14 bits per heavy atom. The van der Waals surface area contributed by atoms with Gasteiger partial charge in [-0.3, -0.25) is 15.1 Å². The number of carbonyl (C=O) groups is 2. The Morgan fingerprint density at radius 2 is 1.86 bits per heavy atom. The van der Waals surface area contributed by atoms with Crippen LogP contribution in [0.4, 0.5) is 16.2 Å². The first-order valence-electron chi connectivity index (χ1n) is 6.73. The molecule has 114 valence electrons. The molecule has 0 radical (unpaired) electrons. The highest BCUT2D eigenvalue weighted by molar-refractivity contribution is 5.93. The molecule has 0 unspecified atom stereocenters. The highest BCUT2D eigenvalue weighted by Gasteiger charge is 2.06. The van der Waals surface area contributed by atoms with Crippen LogP contribution in [0.15, 0.2) is 42.6 Å². The van der Waals surface area contributed by atoms with E-state index in [4.69, 9.17) is 0 Å². The van der Waals surface area contributed by atoms with Gasteiger partial charge >= 0.3 is 6.09 Å². The summed E-state index contributed by atoms with van der Waals surface area (Å²) in [4.78, 5) is 27.3. The Labute approximate surface area is 128 Å². The molecule has 0 aliphatic carbocycles. The largest absolute Gasteiger partial charge is 0.453 e. The predicted molar refractivity (Wildman–Crippen MR) is 83.8 cm³/mol. The van der Waals surface area contributed by atoms with Crippen LogP contribution >= 0.6 is 0 Å². The summed E-state index contributed by atoms with van der Waals surface area (Å²) in [6.07, 6.45) is 1.36. The third-order valence-corrected chi connectivity index (χ3v) is 2.92. The predicted octanol–water partition coefficient (Wildman–Crippen LogP) is 2.75.